The van der Waals surface area contributed by atoms with E-state index < -0.39 is 52.2 Å². The molecule has 0 aliphatic heterocycles. The van der Waals surface area contributed by atoms with E-state index in [2.05, 4.69) is 26.3 Å². The molecule has 0 saturated heterocycles. The van der Waals surface area contributed by atoms with Crippen molar-refractivity contribution >= 4 is 39.0 Å². The van der Waals surface area contributed by atoms with Crippen molar-refractivity contribution in [1.29, 1.82) is 0 Å². The fraction of sp³-hybridized carbons (Fsp3) is 1.00. The number of nitrogens with two attached hydrogens (primary N) is 2. The van der Waals surface area contributed by atoms with E-state index in [-0.39, 0.29) is 88.7 Å². The molecule has 28 heavy (non-hydrogen) atoms. The summed E-state index contributed by atoms with van der Waals surface area (Å²) in [7, 11) is -27.6. The van der Waals surface area contributed by atoms with E-state index in [9.17, 15) is 37.5 Å². The topological polar surface area (TPSA) is 262 Å². The average molecular weight is 538 g/mol. The summed E-state index contributed by atoms with van der Waals surface area (Å²) in [4.78, 5) is 31.9. The molecule has 0 radical (unpaired) electrons. The van der Waals surface area contributed by atoms with Crippen LogP contribution in [0.2, 0.25) is 0 Å². The van der Waals surface area contributed by atoms with Gasteiger partial charge in [0.05, 0.1) is 21.0 Å². The molecule has 0 aromatic rings. The second-order valence-electron chi connectivity index (χ2n) is 3.60. The van der Waals surface area contributed by atoms with Crippen LogP contribution < -0.4 is 114 Å². The monoisotopic (exact) mass is 538 g/mol. The third-order valence-electron chi connectivity index (χ3n) is 1.40. The molecule has 16 nitrogen and oxygen atoms in total. The van der Waals surface area contributed by atoms with Gasteiger partial charge in [-0.2, -0.15) is 4.31 Å². The smallest absolute Gasteiger partial charge is 0.790 e. The molecule has 3 unspecified atom stereocenters. The molecule has 0 spiro atoms. The van der Waals surface area contributed by atoms with Crippen LogP contribution in [0.3, 0.4) is 0 Å². The molecule has 4 N–H and O–H groups in total. The van der Waals surface area contributed by atoms with Crippen LogP contribution in [0.25, 0.3) is 0 Å². The number of hydrogen-bond acceptors (Lipinski definition) is 14. The minimum absolute atomic E-state index is 0. The molecule has 24 heteroatoms. The molecular weight excluding hydrogens is 524 g/mol. The Hall–Kier alpha value is 3.71. The first kappa shape index (κ1) is 38.9. The van der Waals surface area contributed by atoms with Gasteiger partial charge in [-0.1, -0.05) is 0 Å². The van der Waals surface area contributed by atoms with Crippen LogP contribution in [0.5, 0.6) is 0 Å². The zero-order valence-corrected chi connectivity index (χ0v) is 26.0. The van der Waals surface area contributed by atoms with Crippen LogP contribution >= 0.6 is 39.0 Å². The van der Waals surface area contributed by atoms with Gasteiger partial charge in [-0.3, -0.25) is 22.5 Å². The van der Waals surface area contributed by atoms with Crippen molar-refractivity contribution in [3.05, 3.63) is 0 Å². The summed E-state index contributed by atoms with van der Waals surface area (Å²) >= 11 is 0. The van der Waals surface area contributed by atoms with Crippen LogP contribution in [0.15, 0.2) is 0 Å². The van der Waals surface area contributed by atoms with Gasteiger partial charge in [-0.25, -0.2) is 28.8 Å². The standard InChI is InChI=1S/C4H17N2O14P5.3Na/c1-3-15-24(13,17-21(5,6)7)20-25(14,16-4-2)19-23(11,12)18-22(8,9)10;;;/h3-4H2,1-2H3,(H,11,12)(H4,5,6,7)(H2,8,9,10);;;/q;3*+1/p-3. The van der Waals surface area contributed by atoms with E-state index in [1.807, 2.05) is 0 Å². The molecular formula is C4H14N2Na3O14P5. The van der Waals surface area contributed by atoms with E-state index in [1.54, 1.807) is 0 Å². The van der Waals surface area contributed by atoms with E-state index in [4.69, 9.17) is 11.0 Å². The van der Waals surface area contributed by atoms with Crippen molar-refractivity contribution in [2.24, 2.45) is 11.0 Å². The van der Waals surface area contributed by atoms with Gasteiger partial charge in [0.15, 0.2) is 0 Å². The van der Waals surface area contributed by atoms with Gasteiger partial charge in [0, 0.05) is 0 Å². The summed E-state index contributed by atoms with van der Waals surface area (Å²) in [6.07, 6.45) is 0. The molecule has 152 valence electrons. The molecule has 0 rings (SSSR count). The summed E-state index contributed by atoms with van der Waals surface area (Å²) in [6, 6.07) is 0. The maximum absolute atomic E-state index is 12.2. The molecule has 0 aromatic carbocycles. The van der Waals surface area contributed by atoms with Crippen LogP contribution in [-0.4, -0.2) is 13.2 Å². The summed E-state index contributed by atoms with van der Waals surface area (Å²) in [5, 5.41) is 0. The van der Waals surface area contributed by atoms with Crippen LogP contribution in [0.4, 0.5) is 0 Å². The van der Waals surface area contributed by atoms with E-state index in [0.29, 0.717) is 0 Å². The Morgan fingerprint density at radius 3 is 1.32 bits per heavy atom. The zero-order chi connectivity index (χ0) is 20.2. The Balaban J connectivity index is -0.000000960. The predicted octanol–water partition coefficient (Wildman–Crippen LogP) is -9.32. The molecule has 0 fully saturated rings. The Labute approximate surface area is 227 Å². The SMILES string of the molecule is CCOP(=O)(OP(N)(N)=O)OP(=O)(OCC)OP(=O)([O-])OP(=O)([O-])[O-].[Na+].[Na+].[Na+]. The van der Waals surface area contributed by atoms with Crippen molar-refractivity contribution in [3.63, 3.8) is 0 Å². The molecule has 0 heterocycles. The zero-order valence-electron chi connectivity index (χ0n) is 15.5. The van der Waals surface area contributed by atoms with Crippen molar-refractivity contribution in [2.45, 2.75) is 13.8 Å². The van der Waals surface area contributed by atoms with Crippen LogP contribution in [-0.2, 0) is 49.1 Å². The molecule has 0 aliphatic carbocycles. The Morgan fingerprint density at radius 1 is 0.679 bits per heavy atom. The summed E-state index contributed by atoms with van der Waals surface area (Å²) in [5.41, 5.74) is 9.60. The van der Waals surface area contributed by atoms with Crippen molar-refractivity contribution in [2.75, 3.05) is 13.2 Å². The molecule has 0 aliphatic rings. The second kappa shape index (κ2) is 15.6. The minimum atomic E-state index is -6.14. The van der Waals surface area contributed by atoms with Crippen molar-refractivity contribution in [1.82, 2.24) is 0 Å². The van der Waals surface area contributed by atoms with E-state index >= 15 is 0 Å². The number of rotatable bonds is 12. The average Bonchev–Trinajstić information content (AvgIpc) is 2.19. The molecule has 0 amide bonds. The van der Waals surface area contributed by atoms with Gasteiger partial charge < -0.3 is 19.2 Å². The third-order valence-corrected chi connectivity index (χ3v) is 9.17. The van der Waals surface area contributed by atoms with Crippen molar-refractivity contribution < 1.29 is 152 Å². The fourth-order valence-corrected chi connectivity index (χ4v) is 7.72. The Morgan fingerprint density at radius 2 is 1.04 bits per heavy atom. The molecule has 0 aromatic heterocycles. The van der Waals surface area contributed by atoms with Gasteiger partial charge in [0.1, 0.15) is 0 Å². The molecule has 0 bridgehead atoms. The van der Waals surface area contributed by atoms with Gasteiger partial charge in [-0.05, 0) is 13.8 Å². The first-order valence-corrected chi connectivity index (χ1v) is 13.4. The van der Waals surface area contributed by atoms with Crippen LogP contribution in [0.1, 0.15) is 13.8 Å². The summed E-state index contributed by atoms with van der Waals surface area (Å²) < 4.78 is 80.8. The van der Waals surface area contributed by atoms with E-state index in [1.165, 1.54) is 6.92 Å². The number of phosphoric acid groups is 4. The van der Waals surface area contributed by atoms with Crippen LogP contribution in [0, 0.1) is 0 Å². The number of hydrogen-bond donors (Lipinski definition) is 2. The maximum Gasteiger partial charge on any atom is 1.00 e. The minimum Gasteiger partial charge on any atom is -0.790 e. The Kier molecular flexibility index (Phi) is 21.7. The Bertz CT molecular complexity index is 692. The second-order valence-corrected chi connectivity index (χ2v) is 11.6. The van der Waals surface area contributed by atoms with Gasteiger partial charge in [-0.15, -0.1) is 0 Å². The van der Waals surface area contributed by atoms with E-state index in [0.717, 1.165) is 6.92 Å². The largest absolute Gasteiger partial charge is 1.00 e. The molecule has 3 atom stereocenters. The van der Waals surface area contributed by atoms with Gasteiger partial charge >= 0.3 is 112 Å². The maximum atomic E-state index is 12.2. The van der Waals surface area contributed by atoms with Gasteiger partial charge in [0.25, 0.3) is 7.82 Å². The first-order chi connectivity index (χ1) is 10.9. The molecule has 0 saturated carbocycles. The van der Waals surface area contributed by atoms with Crippen molar-refractivity contribution in [3.8, 4) is 0 Å². The predicted molar refractivity (Wildman–Crippen MR) is 74.0 cm³/mol. The fourth-order valence-electron chi connectivity index (χ4n) is 0.979. The quantitative estimate of drug-likeness (QED) is 0.173. The summed E-state index contributed by atoms with van der Waals surface area (Å²) in [6.45, 7) is 1.23. The third kappa shape index (κ3) is 19.2. The normalized spacial score (nSPS) is 18.2. The van der Waals surface area contributed by atoms with Gasteiger partial charge in [0.2, 0.25) is 0 Å². The first-order valence-electron chi connectivity index (χ1n) is 5.79. The summed E-state index contributed by atoms with van der Waals surface area (Å²) in [5.74, 6) is 0.